The Hall–Kier alpha value is -1.85. The number of halogens is 1. The molecule has 0 unspecified atom stereocenters. The third kappa shape index (κ3) is 4.56. The molecule has 0 aliphatic rings. The Labute approximate surface area is 144 Å². The van der Waals surface area contributed by atoms with Crippen molar-refractivity contribution in [3.8, 4) is 5.75 Å². The Morgan fingerprint density at radius 3 is 2.43 bits per heavy atom. The lowest BCUT2D eigenvalue weighted by molar-refractivity contribution is 0.0940. The summed E-state index contributed by atoms with van der Waals surface area (Å²) in [6, 6.07) is 13.1. The van der Waals surface area contributed by atoms with Crippen molar-refractivity contribution in [1.29, 1.82) is 0 Å². The molecule has 0 bridgehead atoms. The van der Waals surface area contributed by atoms with Crippen LogP contribution in [0.4, 0.5) is 0 Å². The van der Waals surface area contributed by atoms with Gasteiger partial charge in [-0.15, -0.1) is 0 Å². The van der Waals surface area contributed by atoms with Crippen LogP contribution in [0.5, 0.6) is 5.75 Å². The second-order valence-electron chi connectivity index (χ2n) is 5.22. The van der Waals surface area contributed by atoms with Gasteiger partial charge in [-0.3, -0.25) is 4.79 Å². The maximum absolute atomic E-state index is 12.3. The predicted molar refractivity (Wildman–Crippen MR) is 93.7 cm³/mol. The van der Waals surface area contributed by atoms with E-state index in [-0.39, 0.29) is 11.9 Å². The van der Waals surface area contributed by atoms with Crippen molar-refractivity contribution in [1.82, 2.24) is 5.32 Å². The number of rotatable bonds is 6. The molecule has 122 valence electrons. The van der Waals surface area contributed by atoms with Gasteiger partial charge in [0.1, 0.15) is 5.75 Å². The molecule has 0 spiro atoms. The highest BCUT2D eigenvalue weighted by atomic mass is 79.9. The summed E-state index contributed by atoms with van der Waals surface area (Å²) in [4.78, 5) is 12.3. The molecule has 0 saturated carbocycles. The van der Waals surface area contributed by atoms with Crippen molar-refractivity contribution in [2.75, 3.05) is 14.2 Å². The molecule has 0 radical (unpaired) electrons. The molecule has 1 atom stereocenters. The molecule has 0 aliphatic heterocycles. The van der Waals surface area contributed by atoms with Crippen molar-refractivity contribution >= 4 is 21.8 Å². The Balaban J connectivity index is 2.05. The quantitative estimate of drug-likeness (QED) is 0.824. The zero-order chi connectivity index (χ0) is 16.8. The number of benzene rings is 2. The summed E-state index contributed by atoms with van der Waals surface area (Å²) < 4.78 is 11.1. The van der Waals surface area contributed by atoms with Gasteiger partial charge in [-0.1, -0.05) is 18.2 Å². The van der Waals surface area contributed by atoms with Crippen LogP contribution >= 0.6 is 15.9 Å². The predicted octanol–water partition coefficient (Wildman–Crippen LogP) is 4.10. The van der Waals surface area contributed by atoms with Crippen LogP contribution in [0.2, 0.25) is 0 Å². The van der Waals surface area contributed by atoms with E-state index in [1.165, 1.54) is 0 Å². The topological polar surface area (TPSA) is 47.6 Å². The summed E-state index contributed by atoms with van der Waals surface area (Å²) in [5.74, 6) is 0.661. The number of nitrogens with one attached hydrogen (secondary N) is 1. The first-order valence-electron chi connectivity index (χ1n) is 7.27. The summed E-state index contributed by atoms with van der Waals surface area (Å²) in [6.45, 7) is 2.49. The Morgan fingerprint density at radius 2 is 1.87 bits per heavy atom. The molecule has 23 heavy (non-hydrogen) atoms. The van der Waals surface area contributed by atoms with Crippen molar-refractivity contribution in [3.63, 3.8) is 0 Å². The van der Waals surface area contributed by atoms with Crippen LogP contribution in [0.15, 0.2) is 46.9 Å². The molecule has 1 amide bonds. The fraction of sp³-hybridized carbons (Fsp3) is 0.278. The van der Waals surface area contributed by atoms with E-state index < -0.39 is 0 Å². The molecule has 0 heterocycles. The van der Waals surface area contributed by atoms with E-state index in [1.54, 1.807) is 26.4 Å². The number of ether oxygens (including phenoxy) is 2. The van der Waals surface area contributed by atoms with Gasteiger partial charge < -0.3 is 14.8 Å². The van der Waals surface area contributed by atoms with Crippen LogP contribution in [0.3, 0.4) is 0 Å². The van der Waals surface area contributed by atoms with Crippen LogP contribution in [0, 0.1) is 0 Å². The Bertz CT molecular complexity index is 670. The molecule has 5 heteroatoms. The van der Waals surface area contributed by atoms with Crippen LogP contribution in [0.25, 0.3) is 0 Å². The van der Waals surface area contributed by atoms with Crippen molar-refractivity contribution < 1.29 is 14.3 Å². The molecule has 1 N–H and O–H groups in total. The standard InChI is InChI=1S/C18H20BrNO3/c1-12(15-8-9-17(23-3)16(19)10-15)20-18(21)14-6-4-13(5-7-14)11-22-2/h4-10,12H,11H2,1-3H3,(H,20,21)/t12-/m1/s1. The van der Waals surface area contributed by atoms with Gasteiger partial charge in [0.05, 0.1) is 24.2 Å². The lowest BCUT2D eigenvalue weighted by Gasteiger charge is -2.16. The highest BCUT2D eigenvalue weighted by Crippen LogP contribution is 2.28. The number of carbonyl (C=O) groups excluding carboxylic acids is 1. The van der Waals surface area contributed by atoms with Gasteiger partial charge in [-0.05, 0) is 58.2 Å². The molecule has 2 aromatic carbocycles. The first kappa shape index (κ1) is 17.5. The highest BCUT2D eigenvalue weighted by Gasteiger charge is 2.13. The van der Waals surface area contributed by atoms with Crippen molar-refractivity contribution in [2.24, 2.45) is 0 Å². The Kier molecular flexibility index (Phi) is 6.19. The number of carbonyl (C=O) groups is 1. The van der Waals surface area contributed by atoms with Gasteiger partial charge in [0.25, 0.3) is 5.91 Å². The number of amides is 1. The highest BCUT2D eigenvalue weighted by molar-refractivity contribution is 9.10. The SMILES string of the molecule is COCc1ccc(C(=O)N[C@H](C)c2ccc(OC)c(Br)c2)cc1. The van der Waals surface area contributed by atoms with E-state index in [9.17, 15) is 4.79 Å². The van der Waals surface area contributed by atoms with Crippen molar-refractivity contribution in [3.05, 3.63) is 63.6 Å². The van der Waals surface area contributed by atoms with Gasteiger partial charge in [0, 0.05) is 12.7 Å². The third-order valence-corrected chi connectivity index (χ3v) is 4.17. The lowest BCUT2D eigenvalue weighted by Crippen LogP contribution is -2.26. The van der Waals surface area contributed by atoms with E-state index in [2.05, 4.69) is 21.2 Å². The van der Waals surface area contributed by atoms with Crippen LogP contribution < -0.4 is 10.1 Å². The molecule has 0 saturated heterocycles. The maximum Gasteiger partial charge on any atom is 0.251 e. The smallest absolute Gasteiger partial charge is 0.251 e. The minimum Gasteiger partial charge on any atom is -0.496 e. The lowest BCUT2D eigenvalue weighted by atomic mass is 10.1. The largest absolute Gasteiger partial charge is 0.496 e. The van der Waals surface area contributed by atoms with Crippen LogP contribution in [-0.4, -0.2) is 20.1 Å². The minimum atomic E-state index is -0.108. The number of methoxy groups -OCH3 is 2. The van der Waals surface area contributed by atoms with E-state index in [4.69, 9.17) is 9.47 Å². The second-order valence-corrected chi connectivity index (χ2v) is 6.07. The molecule has 4 nitrogen and oxygen atoms in total. The zero-order valence-electron chi connectivity index (χ0n) is 13.4. The van der Waals surface area contributed by atoms with E-state index in [0.717, 1.165) is 21.3 Å². The van der Waals surface area contributed by atoms with Crippen LogP contribution in [-0.2, 0) is 11.3 Å². The Morgan fingerprint density at radius 1 is 1.17 bits per heavy atom. The van der Waals surface area contributed by atoms with Gasteiger partial charge >= 0.3 is 0 Å². The molecular formula is C18H20BrNO3. The molecule has 0 aromatic heterocycles. The minimum absolute atomic E-state index is 0.103. The first-order valence-corrected chi connectivity index (χ1v) is 8.06. The van der Waals surface area contributed by atoms with E-state index in [1.807, 2.05) is 37.3 Å². The molecule has 2 rings (SSSR count). The normalized spacial score (nSPS) is 11.8. The summed E-state index contributed by atoms with van der Waals surface area (Å²) >= 11 is 3.46. The average Bonchev–Trinajstić information content (AvgIpc) is 2.55. The summed E-state index contributed by atoms with van der Waals surface area (Å²) in [5.41, 5.74) is 2.67. The molecule has 0 aliphatic carbocycles. The third-order valence-electron chi connectivity index (χ3n) is 3.55. The fourth-order valence-electron chi connectivity index (χ4n) is 2.23. The molecule has 0 fully saturated rings. The van der Waals surface area contributed by atoms with Gasteiger partial charge in [-0.25, -0.2) is 0 Å². The van der Waals surface area contributed by atoms with Gasteiger partial charge in [-0.2, -0.15) is 0 Å². The van der Waals surface area contributed by atoms with E-state index in [0.29, 0.717) is 12.2 Å². The second kappa shape index (κ2) is 8.13. The number of hydrogen-bond acceptors (Lipinski definition) is 3. The van der Waals surface area contributed by atoms with Gasteiger partial charge in [0.2, 0.25) is 0 Å². The summed E-state index contributed by atoms with van der Waals surface area (Å²) in [6.07, 6.45) is 0. The number of hydrogen-bond donors (Lipinski definition) is 1. The van der Waals surface area contributed by atoms with Gasteiger partial charge in [0.15, 0.2) is 0 Å². The molecular weight excluding hydrogens is 358 g/mol. The maximum atomic E-state index is 12.3. The van der Waals surface area contributed by atoms with E-state index >= 15 is 0 Å². The zero-order valence-corrected chi connectivity index (χ0v) is 15.0. The first-order chi connectivity index (χ1) is 11.0. The molecule has 2 aromatic rings. The van der Waals surface area contributed by atoms with Crippen molar-refractivity contribution in [2.45, 2.75) is 19.6 Å². The average molecular weight is 378 g/mol. The summed E-state index contributed by atoms with van der Waals surface area (Å²) in [5, 5.41) is 3.00. The van der Waals surface area contributed by atoms with Crippen LogP contribution in [0.1, 0.15) is 34.5 Å². The summed E-state index contributed by atoms with van der Waals surface area (Å²) in [7, 11) is 3.27. The fourth-order valence-corrected chi connectivity index (χ4v) is 2.79. The monoisotopic (exact) mass is 377 g/mol.